The fraction of sp³-hybridized carbons (Fsp3) is 0.417. The van der Waals surface area contributed by atoms with Gasteiger partial charge in [0.2, 0.25) is 5.91 Å². The number of rotatable bonds is 5. The highest BCUT2D eigenvalue weighted by Gasteiger charge is 2.37. The second-order valence-corrected chi connectivity index (χ2v) is 8.30. The molecule has 0 spiro atoms. The predicted octanol–water partition coefficient (Wildman–Crippen LogP) is 3.92. The van der Waals surface area contributed by atoms with Crippen molar-refractivity contribution in [3.05, 3.63) is 65.7 Å². The first kappa shape index (κ1) is 21.4. The van der Waals surface area contributed by atoms with E-state index in [4.69, 9.17) is 0 Å². The molecule has 0 unspecified atom stereocenters. The summed E-state index contributed by atoms with van der Waals surface area (Å²) < 4.78 is 27.5. The number of benzene rings is 2. The van der Waals surface area contributed by atoms with Gasteiger partial charge in [-0.15, -0.1) is 0 Å². The van der Waals surface area contributed by atoms with Gasteiger partial charge in [-0.1, -0.05) is 31.0 Å². The maximum absolute atomic E-state index is 14.0. The Balaban J connectivity index is 1.44. The van der Waals surface area contributed by atoms with Gasteiger partial charge in [-0.2, -0.15) is 0 Å². The minimum atomic E-state index is -0.520. The molecule has 31 heavy (non-hydrogen) atoms. The molecule has 1 heterocycles. The molecule has 2 fully saturated rings. The number of hydrogen-bond donors (Lipinski definition) is 1. The number of carbonyl (C=O) groups is 2. The van der Waals surface area contributed by atoms with Gasteiger partial charge >= 0.3 is 0 Å². The van der Waals surface area contributed by atoms with Gasteiger partial charge in [0.15, 0.2) is 0 Å². The molecule has 1 aliphatic carbocycles. The average Bonchev–Trinajstić information content (AvgIpc) is 3.28. The maximum Gasteiger partial charge on any atom is 0.256 e. The van der Waals surface area contributed by atoms with Crippen LogP contribution in [0, 0.1) is 17.6 Å². The summed E-state index contributed by atoms with van der Waals surface area (Å²) in [5.41, 5.74) is 0.522. The molecule has 1 atom stereocenters. The van der Waals surface area contributed by atoms with Gasteiger partial charge < -0.3 is 10.2 Å². The molecule has 5 nitrogen and oxygen atoms in total. The summed E-state index contributed by atoms with van der Waals surface area (Å²) in [6.07, 6.45) is 4.16. The van der Waals surface area contributed by atoms with E-state index in [-0.39, 0.29) is 29.3 Å². The van der Waals surface area contributed by atoms with E-state index in [2.05, 4.69) is 10.2 Å². The first-order valence-corrected chi connectivity index (χ1v) is 10.9. The Morgan fingerprint density at radius 2 is 1.65 bits per heavy atom. The van der Waals surface area contributed by atoms with Crippen LogP contribution in [0.25, 0.3) is 0 Å². The van der Waals surface area contributed by atoms with Crippen molar-refractivity contribution in [1.82, 2.24) is 9.80 Å². The number of carbonyl (C=O) groups excluding carboxylic acids is 2. The summed E-state index contributed by atoms with van der Waals surface area (Å²) in [5.74, 6) is -1.13. The lowest BCUT2D eigenvalue weighted by Crippen LogP contribution is -2.57. The number of hydrogen-bond acceptors (Lipinski definition) is 3. The molecular formula is C24H27F2N3O2. The van der Waals surface area contributed by atoms with E-state index < -0.39 is 11.6 Å². The lowest BCUT2D eigenvalue weighted by molar-refractivity contribution is -0.123. The number of nitrogens with one attached hydrogen (secondary N) is 1. The largest absolute Gasteiger partial charge is 0.336 e. The number of amides is 2. The molecule has 0 aromatic heterocycles. The summed E-state index contributed by atoms with van der Waals surface area (Å²) in [6.45, 7) is 1.95. The zero-order valence-corrected chi connectivity index (χ0v) is 17.4. The van der Waals surface area contributed by atoms with E-state index in [0.29, 0.717) is 31.9 Å². The van der Waals surface area contributed by atoms with Crippen LogP contribution in [0.3, 0.4) is 0 Å². The van der Waals surface area contributed by atoms with Gasteiger partial charge in [0.25, 0.3) is 5.91 Å². The van der Waals surface area contributed by atoms with Crippen LogP contribution in [0.2, 0.25) is 0 Å². The molecule has 2 aliphatic rings. The van der Waals surface area contributed by atoms with Crippen molar-refractivity contribution in [2.24, 2.45) is 5.92 Å². The van der Waals surface area contributed by atoms with Crippen molar-refractivity contribution in [3.8, 4) is 0 Å². The molecule has 1 N–H and O–H groups in total. The molecule has 0 bridgehead atoms. The van der Waals surface area contributed by atoms with Crippen LogP contribution in [0.5, 0.6) is 0 Å². The number of halogens is 2. The second kappa shape index (κ2) is 9.56. The van der Waals surface area contributed by atoms with Crippen molar-refractivity contribution < 1.29 is 18.4 Å². The van der Waals surface area contributed by atoms with Crippen LogP contribution in [-0.4, -0.2) is 53.8 Å². The number of anilines is 1. The standard InChI is InChI=1S/C24H27F2N3O2/c25-18-8-5-9-19(16-18)27-23(30)22(17-6-1-2-7-17)28-12-14-29(15-13-28)24(31)20-10-3-4-11-21(20)26/h3-5,8-11,16-17,22H,1-2,6-7,12-15H2,(H,27,30)/t22-/m0/s1. The van der Waals surface area contributed by atoms with E-state index in [0.717, 1.165) is 25.7 Å². The second-order valence-electron chi connectivity index (χ2n) is 8.30. The summed E-state index contributed by atoms with van der Waals surface area (Å²) in [5, 5.41) is 2.87. The molecule has 7 heteroatoms. The van der Waals surface area contributed by atoms with E-state index in [9.17, 15) is 18.4 Å². The van der Waals surface area contributed by atoms with Gasteiger partial charge in [-0.3, -0.25) is 14.5 Å². The molecule has 2 aromatic carbocycles. The molecule has 0 radical (unpaired) electrons. The molecule has 4 rings (SSSR count). The minimum Gasteiger partial charge on any atom is -0.336 e. The third kappa shape index (κ3) is 4.93. The van der Waals surface area contributed by atoms with Crippen molar-refractivity contribution in [1.29, 1.82) is 0 Å². The summed E-state index contributed by atoms with van der Waals surface area (Å²) in [4.78, 5) is 29.7. The first-order chi connectivity index (χ1) is 15.0. The monoisotopic (exact) mass is 427 g/mol. The van der Waals surface area contributed by atoms with Gasteiger partial charge in [0, 0.05) is 31.9 Å². The van der Waals surface area contributed by atoms with Crippen molar-refractivity contribution in [2.75, 3.05) is 31.5 Å². The van der Waals surface area contributed by atoms with Crippen molar-refractivity contribution in [2.45, 2.75) is 31.7 Å². The highest BCUT2D eigenvalue weighted by Crippen LogP contribution is 2.32. The van der Waals surface area contributed by atoms with Gasteiger partial charge in [0.1, 0.15) is 11.6 Å². The molecule has 1 saturated carbocycles. The van der Waals surface area contributed by atoms with Gasteiger partial charge in [0.05, 0.1) is 11.6 Å². The SMILES string of the molecule is O=C(Nc1cccc(F)c1)[C@H](C1CCCC1)N1CCN(C(=O)c2ccccc2F)CC1. The topological polar surface area (TPSA) is 52.7 Å². The smallest absolute Gasteiger partial charge is 0.256 e. The molecule has 164 valence electrons. The van der Waals surface area contributed by atoms with E-state index in [1.165, 1.54) is 24.3 Å². The van der Waals surface area contributed by atoms with Crippen LogP contribution in [0.1, 0.15) is 36.0 Å². The summed E-state index contributed by atoms with van der Waals surface area (Å²) in [7, 11) is 0. The third-order valence-corrected chi connectivity index (χ3v) is 6.31. The van der Waals surface area contributed by atoms with E-state index >= 15 is 0 Å². The van der Waals surface area contributed by atoms with Crippen LogP contribution < -0.4 is 5.32 Å². The normalized spacial score (nSPS) is 18.7. The molecule has 2 aromatic rings. The zero-order chi connectivity index (χ0) is 21.8. The Hall–Kier alpha value is -2.80. The Labute approximate surface area is 181 Å². The van der Waals surface area contributed by atoms with Crippen LogP contribution in [-0.2, 0) is 4.79 Å². The molecule has 1 aliphatic heterocycles. The fourth-order valence-corrected chi connectivity index (χ4v) is 4.74. The Bertz CT molecular complexity index is 938. The molecular weight excluding hydrogens is 400 g/mol. The van der Waals surface area contributed by atoms with Gasteiger partial charge in [-0.05, 0) is 49.1 Å². The highest BCUT2D eigenvalue weighted by molar-refractivity contribution is 5.95. The average molecular weight is 427 g/mol. The van der Waals surface area contributed by atoms with Crippen molar-refractivity contribution in [3.63, 3.8) is 0 Å². The molecule has 1 saturated heterocycles. The highest BCUT2D eigenvalue weighted by atomic mass is 19.1. The Kier molecular flexibility index (Phi) is 6.61. The minimum absolute atomic E-state index is 0.0761. The van der Waals surface area contributed by atoms with Crippen molar-refractivity contribution >= 4 is 17.5 Å². The maximum atomic E-state index is 14.0. The summed E-state index contributed by atoms with van der Waals surface area (Å²) >= 11 is 0. The number of nitrogens with zero attached hydrogens (tertiary/aromatic N) is 2. The lowest BCUT2D eigenvalue weighted by Gasteiger charge is -2.40. The fourth-order valence-electron chi connectivity index (χ4n) is 4.74. The van der Waals surface area contributed by atoms with Crippen LogP contribution in [0.15, 0.2) is 48.5 Å². The molecule has 2 amide bonds. The van der Waals surface area contributed by atoms with Crippen LogP contribution >= 0.6 is 0 Å². The van der Waals surface area contributed by atoms with Crippen LogP contribution in [0.4, 0.5) is 14.5 Å². The predicted molar refractivity (Wildman–Crippen MR) is 115 cm³/mol. The lowest BCUT2D eigenvalue weighted by atomic mass is 9.94. The quantitative estimate of drug-likeness (QED) is 0.787. The summed E-state index contributed by atoms with van der Waals surface area (Å²) in [6, 6.07) is 11.6. The van der Waals surface area contributed by atoms with Gasteiger partial charge in [-0.25, -0.2) is 8.78 Å². The number of piperazine rings is 1. The third-order valence-electron chi connectivity index (χ3n) is 6.31. The first-order valence-electron chi connectivity index (χ1n) is 10.9. The Morgan fingerprint density at radius 3 is 2.32 bits per heavy atom. The Morgan fingerprint density at radius 1 is 0.935 bits per heavy atom. The van der Waals surface area contributed by atoms with E-state index in [1.54, 1.807) is 29.2 Å². The zero-order valence-electron chi connectivity index (χ0n) is 17.4. The van der Waals surface area contributed by atoms with E-state index in [1.807, 2.05) is 0 Å².